The molecule has 0 aliphatic heterocycles. The van der Waals surface area contributed by atoms with E-state index in [2.05, 4.69) is 14.7 Å². The molecule has 0 fully saturated rings. The van der Waals surface area contributed by atoms with Crippen LogP contribution in [0.5, 0.6) is 0 Å². The molecule has 0 amide bonds. The number of anilines is 2. The van der Waals surface area contributed by atoms with E-state index in [0.29, 0.717) is 0 Å². The third-order valence-corrected chi connectivity index (χ3v) is 3.12. The number of aromatic nitrogens is 2. The van der Waals surface area contributed by atoms with E-state index in [1.54, 1.807) is 0 Å². The molecule has 84 valence electrons. The Morgan fingerprint density at radius 2 is 2.12 bits per heavy atom. The van der Waals surface area contributed by atoms with Crippen LogP contribution in [0.3, 0.4) is 0 Å². The van der Waals surface area contributed by atoms with Gasteiger partial charge >= 0.3 is 0 Å². The Kier molecular flexibility index (Phi) is 3.41. The SMILES string of the molecule is Cc1nsc(Nc2ccccc2C(C)Cl)n1. The van der Waals surface area contributed by atoms with E-state index < -0.39 is 0 Å². The van der Waals surface area contributed by atoms with E-state index in [0.717, 1.165) is 22.2 Å². The van der Waals surface area contributed by atoms with Gasteiger partial charge in [-0.25, -0.2) is 4.98 Å². The van der Waals surface area contributed by atoms with Crippen molar-refractivity contribution in [2.75, 3.05) is 5.32 Å². The lowest BCUT2D eigenvalue weighted by Gasteiger charge is -2.10. The van der Waals surface area contributed by atoms with Gasteiger partial charge in [0, 0.05) is 17.2 Å². The lowest BCUT2D eigenvalue weighted by Crippen LogP contribution is -1.95. The molecule has 0 saturated heterocycles. The molecule has 0 aliphatic rings. The molecule has 3 nitrogen and oxygen atoms in total. The highest BCUT2D eigenvalue weighted by atomic mass is 35.5. The first-order chi connectivity index (χ1) is 7.66. The van der Waals surface area contributed by atoms with Crippen molar-refractivity contribution in [3.63, 3.8) is 0 Å². The Morgan fingerprint density at radius 3 is 2.75 bits per heavy atom. The minimum atomic E-state index is -0.0299. The van der Waals surface area contributed by atoms with E-state index in [-0.39, 0.29) is 5.38 Å². The monoisotopic (exact) mass is 253 g/mol. The number of nitrogens with one attached hydrogen (secondary N) is 1. The fraction of sp³-hybridized carbons (Fsp3) is 0.273. The Labute approximate surface area is 104 Å². The average molecular weight is 254 g/mol. The molecule has 1 aromatic heterocycles. The topological polar surface area (TPSA) is 37.8 Å². The standard InChI is InChI=1S/C11H12ClN3S/c1-7(12)9-5-3-4-6-10(9)14-11-13-8(2)15-16-11/h3-7H,1-2H3,(H,13,14,15). The van der Waals surface area contributed by atoms with Gasteiger partial charge in [-0.15, -0.1) is 11.6 Å². The number of aryl methyl sites for hydroxylation is 1. The van der Waals surface area contributed by atoms with Gasteiger partial charge in [0.15, 0.2) is 0 Å². The molecule has 1 atom stereocenters. The summed E-state index contributed by atoms with van der Waals surface area (Å²) in [6.45, 7) is 3.82. The smallest absolute Gasteiger partial charge is 0.207 e. The van der Waals surface area contributed by atoms with E-state index in [1.165, 1.54) is 11.5 Å². The largest absolute Gasteiger partial charge is 0.330 e. The maximum Gasteiger partial charge on any atom is 0.207 e. The third-order valence-electron chi connectivity index (χ3n) is 2.16. The summed E-state index contributed by atoms with van der Waals surface area (Å²) in [7, 11) is 0. The highest BCUT2D eigenvalue weighted by Crippen LogP contribution is 2.29. The molecule has 1 aromatic carbocycles. The minimum absolute atomic E-state index is 0.0299. The summed E-state index contributed by atoms with van der Waals surface area (Å²) in [4.78, 5) is 4.26. The number of para-hydroxylation sites is 1. The van der Waals surface area contributed by atoms with E-state index in [1.807, 2.05) is 38.1 Å². The molecule has 1 N–H and O–H groups in total. The first kappa shape index (κ1) is 11.4. The zero-order valence-corrected chi connectivity index (χ0v) is 10.6. The molecule has 0 bridgehead atoms. The van der Waals surface area contributed by atoms with Crippen LogP contribution in [0, 0.1) is 6.92 Å². The van der Waals surface area contributed by atoms with Crippen LogP contribution in [-0.4, -0.2) is 9.36 Å². The predicted molar refractivity (Wildman–Crippen MR) is 68.6 cm³/mol. The number of hydrogen-bond acceptors (Lipinski definition) is 4. The average Bonchev–Trinajstić information content (AvgIpc) is 2.64. The summed E-state index contributed by atoms with van der Waals surface area (Å²) in [5.74, 6) is 0.781. The van der Waals surface area contributed by atoms with Crippen LogP contribution in [-0.2, 0) is 0 Å². The number of rotatable bonds is 3. The Hall–Kier alpha value is -1.13. The van der Waals surface area contributed by atoms with Crippen LogP contribution < -0.4 is 5.32 Å². The van der Waals surface area contributed by atoms with Crippen LogP contribution in [0.25, 0.3) is 0 Å². The number of nitrogens with zero attached hydrogens (tertiary/aromatic N) is 2. The van der Waals surface area contributed by atoms with Crippen LogP contribution in [0.2, 0.25) is 0 Å². The van der Waals surface area contributed by atoms with Gasteiger partial charge in [0.1, 0.15) is 5.82 Å². The van der Waals surface area contributed by atoms with E-state index in [4.69, 9.17) is 11.6 Å². The van der Waals surface area contributed by atoms with Crippen molar-refractivity contribution in [1.29, 1.82) is 0 Å². The summed E-state index contributed by atoms with van der Waals surface area (Å²) in [5.41, 5.74) is 2.05. The quantitative estimate of drug-likeness (QED) is 0.844. The van der Waals surface area contributed by atoms with Crippen molar-refractivity contribution in [1.82, 2.24) is 9.36 Å². The van der Waals surface area contributed by atoms with E-state index >= 15 is 0 Å². The molecule has 2 aromatic rings. The second kappa shape index (κ2) is 4.80. The van der Waals surface area contributed by atoms with Gasteiger partial charge in [0.2, 0.25) is 5.13 Å². The van der Waals surface area contributed by atoms with Gasteiger partial charge in [-0.1, -0.05) is 18.2 Å². The maximum absolute atomic E-state index is 6.11. The highest BCUT2D eigenvalue weighted by Gasteiger charge is 2.08. The van der Waals surface area contributed by atoms with Crippen LogP contribution >= 0.6 is 23.1 Å². The minimum Gasteiger partial charge on any atom is -0.330 e. The third kappa shape index (κ3) is 2.51. The van der Waals surface area contributed by atoms with Crippen molar-refractivity contribution in [3.05, 3.63) is 35.7 Å². The first-order valence-corrected chi connectivity index (χ1v) is 6.18. The van der Waals surface area contributed by atoms with Crippen molar-refractivity contribution in [2.45, 2.75) is 19.2 Å². The van der Waals surface area contributed by atoms with Crippen LogP contribution in [0.1, 0.15) is 23.7 Å². The zero-order chi connectivity index (χ0) is 11.5. The Balaban J connectivity index is 2.27. The summed E-state index contributed by atoms with van der Waals surface area (Å²) in [6, 6.07) is 7.95. The number of alkyl halides is 1. The van der Waals surface area contributed by atoms with Gasteiger partial charge in [0.25, 0.3) is 0 Å². The number of halogens is 1. The fourth-order valence-electron chi connectivity index (χ4n) is 1.42. The molecular weight excluding hydrogens is 242 g/mol. The second-order valence-electron chi connectivity index (χ2n) is 3.47. The van der Waals surface area contributed by atoms with Gasteiger partial charge in [0.05, 0.1) is 5.38 Å². The highest BCUT2D eigenvalue weighted by molar-refractivity contribution is 7.09. The van der Waals surface area contributed by atoms with Crippen molar-refractivity contribution in [2.24, 2.45) is 0 Å². The van der Waals surface area contributed by atoms with Gasteiger partial charge in [-0.3, -0.25) is 0 Å². The Bertz CT molecular complexity index is 482. The summed E-state index contributed by atoms with van der Waals surface area (Å²) in [5, 5.41) is 4.00. The summed E-state index contributed by atoms with van der Waals surface area (Å²) in [6.07, 6.45) is 0. The normalized spacial score (nSPS) is 12.4. The maximum atomic E-state index is 6.11. The van der Waals surface area contributed by atoms with Gasteiger partial charge in [-0.05, 0) is 25.5 Å². The zero-order valence-electron chi connectivity index (χ0n) is 9.07. The van der Waals surface area contributed by atoms with Gasteiger partial charge < -0.3 is 5.32 Å². The lowest BCUT2D eigenvalue weighted by atomic mass is 10.1. The second-order valence-corrected chi connectivity index (χ2v) is 4.88. The lowest BCUT2D eigenvalue weighted by molar-refractivity contribution is 1.08. The number of benzene rings is 1. The molecule has 16 heavy (non-hydrogen) atoms. The molecule has 1 heterocycles. The number of hydrogen-bond donors (Lipinski definition) is 1. The van der Waals surface area contributed by atoms with Crippen LogP contribution in [0.15, 0.2) is 24.3 Å². The molecule has 2 rings (SSSR count). The molecular formula is C11H12ClN3S. The van der Waals surface area contributed by atoms with Crippen LogP contribution in [0.4, 0.5) is 10.8 Å². The fourth-order valence-corrected chi connectivity index (χ4v) is 2.20. The van der Waals surface area contributed by atoms with Gasteiger partial charge in [-0.2, -0.15) is 4.37 Å². The summed E-state index contributed by atoms with van der Waals surface area (Å²) >= 11 is 7.46. The molecule has 0 spiro atoms. The molecule has 5 heteroatoms. The van der Waals surface area contributed by atoms with E-state index in [9.17, 15) is 0 Å². The van der Waals surface area contributed by atoms with Crippen molar-refractivity contribution in [3.8, 4) is 0 Å². The molecule has 0 radical (unpaired) electrons. The molecule has 0 saturated carbocycles. The first-order valence-electron chi connectivity index (χ1n) is 4.97. The molecule has 0 aliphatic carbocycles. The van der Waals surface area contributed by atoms with Crippen molar-refractivity contribution < 1.29 is 0 Å². The Morgan fingerprint density at radius 1 is 1.38 bits per heavy atom. The summed E-state index contributed by atoms with van der Waals surface area (Å²) < 4.78 is 4.12. The van der Waals surface area contributed by atoms with Crippen molar-refractivity contribution >= 4 is 34.0 Å². The molecule has 1 unspecified atom stereocenters. The predicted octanol–water partition coefficient (Wildman–Crippen LogP) is 3.89.